The summed E-state index contributed by atoms with van der Waals surface area (Å²) in [5.74, 6) is 0.737. The normalized spacial score (nSPS) is 16.0. The van der Waals surface area contributed by atoms with Crippen molar-refractivity contribution in [3.63, 3.8) is 0 Å². The van der Waals surface area contributed by atoms with Crippen molar-refractivity contribution in [2.24, 2.45) is 12.5 Å². The number of benzene rings is 3. The number of para-hydroxylation sites is 1. The van der Waals surface area contributed by atoms with Gasteiger partial charge in [-0.25, -0.2) is 9.59 Å². The first-order chi connectivity index (χ1) is 24.6. The summed E-state index contributed by atoms with van der Waals surface area (Å²) >= 11 is 0. The molecule has 3 aromatic carbocycles. The van der Waals surface area contributed by atoms with Crippen LogP contribution in [0.4, 0.5) is 10.5 Å². The Morgan fingerprint density at radius 1 is 0.745 bits per heavy atom. The van der Waals surface area contributed by atoms with Crippen molar-refractivity contribution in [2.75, 3.05) is 31.1 Å². The second-order valence-corrected chi connectivity index (χ2v) is 14.8. The summed E-state index contributed by atoms with van der Waals surface area (Å²) in [7, 11) is 1.83. The fraction of sp³-hybridized carbons (Fsp3) is 0.390. The quantitative estimate of drug-likeness (QED) is 0.167. The van der Waals surface area contributed by atoms with Gasteiger partial charge in [-0.1, -0.05) is 66.7 Å². The van der Waals surface area contributed by atoms with E-state index in [1.807, 2.05) is 112 Å². The first-order valence-electron chi connectivity index (χ1n) is 17.9. The maximum absolute atomic E-state index is 14.1. The molecule has 7 rings (SSSR count). The summed E-state index contributed by atoms with van der Waals surface area (Å²) in [5.41, 5.74) is 4.81. The smallest absolute Gasteiger partial charge is 0.410 e. The Labute approximate surface area is 299 Å². The van der Waals surface area contributed by atoms with Crippen LogP contribution in [-0.2, 0) is 25.0 Å². The molecule has 2 fully saturated rings. The summed E-state index contributed by atoms with van der Waals surface area (Å²) in [6, 6.07) is 29.6. The van der Waals surface area contributed by atoms with Gasteiger partial charge in [-0.05, 0) is 81.2 Å². The molecule has 1 amide bonds. The molecule has 2 saturated heterocycles. The van der Waals surface area contributed by atoms with Crippen molar-refractivity contribution in [2.45, 2.75) is 65.3 Å². The zero-order valence-electron chi connectivity index (χ0n) is 30.0. The van der Waals surface area contributed by atoms with Crippen LogP contribution in [0.15, 0.2) is 95.8 Å². The predicted octanol–water partition coefficient (Wildman–Crippen LogP) is 7.50. The largest absolute Gasteiger partial charge is 0.473 e. The third-order valence-electron chi connectivity index (χ3n) is 10.2. The van der Waals surface area contributed by atoms with Gasteiger partial charge in [0.15, 0.2) is 0 Å². The third kappa shape index (κ3) is 7.45. The molecule has 2 aliphatic rings. The lowest BCUT2D eigenvalue weighted by Gasteiger charge is -2.47. The number of carbonyl (C=O) groups excluding carboxylic acids is 1. The number of amides is 1. The number of hydrogen-bond donors (Lipinski definition) is 0. The summed E-state index contributed by atoms with van der Waals surface area (Å²) in [4.78, 5) is 35.8. The third-order valence-corrected chi connectivity index (χ3v) is 10.2. The summed E-state index contributed by atoms with van der Waals surface area (Å²) in [5, 5.41) is 0. The van der Waals surface area contributed by atoms with Gasteiger partial charge in [-0.3, -0.25) is 9.13 Å². The number of fused-ring (bicyclic) bond motifs is 1. The van der Waals surface area contributed by atoms with Gasteiger partial charge in [-0.2, -0.15) is 4.98 Å². The number of anilines is 1. The number of ether oxygens (including phenoxy) is 3. The number of pyridine rings is 1. The molecule has 10 nitrogen and oxygen atoms in total. The molecule has 4 heterocycles. The SMILES string of the molecule is Cn1c(=O)n(-c2ccc(OCc3ccccc3)nc2OCc2ccccc2)c2cccc(N3CCC4(CCN(C(=O)OC(C)(C)C)CC4)CC3)c21. The van der Waals surface area contributed by atoms with Crippen LogP contribution < -0.4 is 20.1 Å². The Balaban J connectivity index is 1.14. The van der Waals surface area contributed by atoms with Crippen molar-refractivity contribution >= 4 is 22.8 Å². The van der Waals surface area contributed by atoms with E-state index >= 15 is 0 Å². The van der Waals surface area contributed by atoms with Gasteiger partial charge in [0.2, 0.25) is 11.8 Å². The van der Waals surface area contributed by atoms with Crippen LogP contribution in [0, 0.1) is 5.41 Å². The van der Waals surface area contributed by atoms with Crippen LogP contribution in [-0.4, -0.2) is 56.9 Å². The molecule has 5 aromatic rings. The Kier molecular flexibility index (Phi) is 9.50. The molecule has 0 atom stereocenters. The van der Waals surface area contributed by atoms with Crippen LogP contribution in [0.3, 0.4) is 0 Å². The van der Waals surface area contributed by atoms with Crippen molar-refractivity contribution in [3.8, 4) is 17.4 Å². The molecule has 2 aliphatic heterocycles. The molecule has 0 saturated carbocycles. The van der Waals surface area contributed by atoms with E-state index < -0.39 is 5.60 Å². The van der Waals surface area contributed by atoms with E-state index in [4.69, 9.17) is 19.2 Å². The predicted molar refractivity (Wildman–Crippen MR) is 199 cm³/mol. The number of rotatable bonds is 8. The number of carbonyl (C=O) groups is 1. The fourth-order valence-corrected chi connectivity index (χ4v) is 7.32. The minimum Gasteiger partial charge on any atom is -0.473 e. The molecule has 51 heavy (non-hydrogen) atoms. The molecule has 2 aromatic heterocycles. The van der Waals surface area contributed by atoms with Crippen LogP contribution >= 0.6 is 0 Å². The van der Waals surface area contributed by atoms with E-state index in [9.17, 15) is 9.59 Å². The Bertz CT molecular complexity index is 2030. The van der Waals surface area contributed by atoms with Gasteiger partial charge < -0.3 is 24.0 Å². The Morgan fingerprint density at radius 3 is 1.98 bits per heavy atom. The molecule has 10 heteroatoms. The summed E-state index contributed by atoms with van der Waals surface area (Å²) in [6.07, 6.45) is 3.80. The van der Waals surface area contributed by atoms with Gasteiger partial charge >= 0.3 is 11.8 Å². The summed E-state index contributed by atoms with van der Waals surface area (Å²) < 4.78 is 21.5. The monoisotopic (exact) mass is 689 g/mol. The Morgan fingerprint density at radius 2 is 1.35 bits per heavy atom. The first-order valence-corrected chi connectivity index (χ1v) is 17.9. The maximum atomic E-state index is 14.1. The highest BCUT2D eigenvalue weighted by molar-refractivity contribution is 5.91. The highest BCUT2D eigenvalue weighted by Crippen LogP contribution is 2.43. The molecule has 0 bridgehead atoms. The van der Waals surface area contributed by atoms with E-state index in [0.717, 1.165) is 79.7 Å². The summed E-state index contributed by atoms with van der Waals surface area (Å²) in [6.45, 7) is 9.58. The highest BCUT2D eigenvalue weighted by atomic mass is 16.6. The number of hydrogen-bond acceptors (Lipinski definition) is 7. The molecule has 0 aliphatic carbocycles. The minimum absolute atomic E-state index is 0.176. The fourth-order valence-electron chi connectivity index (χ4n) is 7.32. The maximum Gasteiger partial charge on any atom is 0.410 e. The standard InChI is InChI=1S/C41H47N5O5/c1-40(2,3)51-39(48)45-26-22-41(23-27-45)20-24-44(25-21-41)32-16-11-17-33-36(32)43(4)38(47)46(33)34-18-19-35(49-28-30-12-7-5-8-13-30)42-37(34)50-29-31-14-9-6-10-15-31/h5-19H,20-29H2,1-4H3. The van der Waals surface area contributed by atoms with Gasteiger partial charge in [0, 0.05) is 39.3 Å². The van der Waals surface area contributed by atoms with Crippen molar-refractivity contribution in [1.82, 2.24) is 19.0 Å². The molecule has 1 spiro atoms. The van der Waals surface area contributed by atoms with Crippen molar-refractivity contribution in [3.05, 3.63) is 113 Å². The van der Waals surface area contributed by atoms with E-state index in [-0.39, 0.29) is 17.2 Å². The molecule has 0 N–H and O–H groups in total. The van der Waals surface area contributed by atoms with Crippen LogP contribution in [0.2, 0.25) is 0 Å². The first kappa shape index (κ1) is 34.2. The molecular weight excluding hydrogens is 642 g/mol. The zero-order valence-corrected chi connectivity index (χ0v) is 30.0. The Hall–Kier alpha value is -5.25. The number of nitrogens with zero attached hydrogens (tertiary/aromatic N) is 5. The van der Waals surface area contributed by atoms with E-state index in [2.05, 4.69) is 11.0 Å². The van der Waals surface area contributed by atoms with Crippen LogP contribution in [0.25, 0.3) is 16.7 Å². The second kappa shape index (κ2) is 14.2. The van der Waals surface area contributed by atoms with Gasteiger partial charge in [-0.15, -0.1) is 0 Å². The molecule has 0 radical (unpaired) electrons. The van der Waals surface area contributed by atoms with E-state index in [1.54, 1.807) is 15.2 Å². The van der Waals surface area contributed by atoms with Crippen LogP contribution in [0.5, 0.6) is 11.8 Å². The highest BCUT2D eigenvalue weighted by Gasteiger charge is 2.40. The van der Waals surface area contributed by atoms with Gasteiger partial charge in [0.05, 0.1) is 16.7 Å². The molecule has 0 unspecified atom stereocenters. The van der Waals surface area contributed by atoms with Gasteiger partial charge in [0.25, 0.3) is 0 Å². The number of aromatic nitrogens is 3. The van der Waals surface area contributed by atoms with Crippen LogP contribution in [0.1, 0.15) is 57.6 Å². The number of imidazole rings is 1. The van der Waals surface area contributed by atoms with Gasteiger partial charge in [0.1, 0.15) is 24.5 Å². The lowest BCUT2D eigenvalue weighted by Crippen LogP contribution is -2.49. The van der Waals surface area contributed by atoms with Crippen molar-refractivity contribution in [1.29, 1.82) is 0 Å². The zero-order chi connectivity index (χ0) is 35.6. The van der Waals surface area contributed by atoms with E-state index in [1.165, 1.54) is 0 Å². The van der Waals surface area contributed by atoms with E-state index in [0.29, 0.717) is 30.7 Å². The lowest BCUT2D eigenvalue weighted by molar-refractivity contribution is 0.00666. The second-order valence-electron chi connectivity index (χ2n) is 14.8. The lowest BCUT2D eigenvalue weighted by atomic mass is 9.71. The number of likely N-dealkylation sites (tertiary alicyclic amines) is 1. The molecular formula is C41H47N5O5. The topological polar surface area (TPSA) is 91.1 Å². The average molecular weight is 690 g/mol. The minimum atomic E-state index is -0.495. The number of piperidine rings is 2. The average Bonchev–Trinajstić information content (AvgIpc) is 3.39. The number of aryl methyl sites for hydroxylation is 1. The molecule has 266 valence electrons. The van der Waals surface area contributed by atoms with Crippen molar-refractivity contribution < 1.29 is 19.0 Å².